The summed E-state index contributed by atoms with van der Waals surface area (Å²) in [5.74, 6) is -0.245. The van der Waals surface area contributed by atoms with Crippen molar-refractivity contribution in [3.8, 4) is 0 Å². The number of carbonyl (C=O) groups excluding carboxylic acids is 2. The first kappa shape index (κ1) is 20.6. The molecule has 7 nitrogen and oxygen atoms in total. The molecule has 0 unspecified atom stereocenters. The van der Waals surface area contributed by atoms with Crippen molar-refractivity contribution < 1.29 is 9.59 Å². The van der Waals surface area contributed by atoms with Gasteiger partial charge in [0.1, 0.15) is 12.2 Å². The number of amides is 2. The molecule has 0 spiro atoms. The van der Waals surface area contributed by atoms with E-state index in [4.69, 9.17) is 0 Å². The molecule has 2 heterocycles. The molecule has 3 rings (SSSR count). The van der Waals surface area contributed by atoms with Gasteiger partial charge in [0.15, 0.2) is 0 Å². The summed E-state index contributed by atoms with van der Waals surface area (Å²) in [7, 11) is 0. The number of anilines is 1. The fourth-order valence-corrected chi connectivity index (χ4v) is 4.22. The average Bonchev–Trinajstić information content (AvgIpc) is 2.73. The Kier molecular flexibility index (Phi) is 6.88. The fraction of sp³-hybridized carbons (Fsp3) is 0.667. The maximum atomic E-state index is 12.8. The first-order valence-electron chi connectivity index (χ1n) is 10.5. The average molecular weight is 389 g/mol. The van der Waals surface area contributed by atoms with Gasteiger partial charge in [-0.15, -0.1) is 0 Å². The number of piperazine rings is 1. The van der Waals surface area contributed by atoms with Gasteiger partial charge in [0.05, 0.1) is 0 Å². The lowest BCUT2D eigenvalue weighted by atomic mass is 9.94. The molecule has 1 saturated carbocycles. The van der Waals surface area contributed by atoms with Crippen molar-refractivity contribution >= 4 is 17.5 Å². The predicted octanol–water partition coefficient (Wildman–Crippen LogP) is 1.98. The zero-order valence-corrected chi connectivity index (χ0v) is 17.1. The number of nitrogens with zero attached hydrogens (tertiary/aromatic N) is 3. The number of hydrogen-bond acceptors (Lipinski definition) is 4. The van der Waals surface area contributed by atoms with Crippen molar-refractivity contribution in [2.45, 2.75) is 65.0 Å². The molecule has 1 saturated heterocycles. The quantitative estimate of drug-likeness (QED) is 0.837. The Balaban J connectivity index is 1.61. The largest absolute Gasteiger partial charge is 0.339 e. The third-order valence-electron chi connectivity index (χ3n) is 6.04. The van der Waals surface area contributed by atoms with Crippen molar-refractivity contribution in [1.29, 1.82) is 0 Å². The maximum Gasteiger partial charge on any atom is 0.274 e. The molecule has 154 valence electrons. The highest BCUT2D eigenvalue weighted by atomic mass is 16.2. The van der Waals surface area contributed by atoms with Gasteiger partial charge >= 0.3 is 0 Å². The summed E-state index contributed by atoms with van der Waals surface area (Å²) in [6.45, 7) is 6.82. The highest BCUT2D eigenvalue weighted by molar-refractivity contribution is 5.90. The van der Waals surface area contributed by atoms with Crippen LogP contribution in [0, 0.1) is 6.92 Å². The van der Waals surface area contributed by atoms with E-state index in [1.54, 1.807) is 26.0 Å². The fourth-order valence-electron chi connectivity index (χ4n) is 4.22. The lowest BCUT2D eigenvalue weighted by Gasteiger charge is -2.40. The van der Waals surface area contributed by atoms with Crippen molar-refractivity contribution in [2.75, 3.05) is 31.5 Å². The lowest BCUT2D eigenvalue weighted by molar-refractivity contribution is -0.134. The standard InChI is InChI=1S/C21H32N4O3/c1-3-19(26)22-18-10-9-16(2)25(21(18)28)15-20(27)24-13-11-23(12-14-24)17-7-5-4-6-8-17/h9-10,17H,3-8,11-15H2,1-2H3,(H,22,26). The van der Waals surface area contributed by atoms with Crippen molar-refractivity contribution in [2.24, 2.45) is 0 Å². The Morgan fingerprint density at radius 2 is 1.75 bits per heavy atom. The molecule has 1 aromatic rings. The number of hydrogen-bond donors (Lipinski definition) is 1. The Morgan fingerprint density at radius 3 is 2.39 bits per heavy atom. The summed E-state index contributed by atoms with van der Waals surface area (Å²) >= 11 is 0. The molecule has 1 aliphatic carbocycles. The third-order valence-corrected chi connectivity index (χ3v) is 6.04. The highest BCUT2D eigenvalue weighted by Gasteiger charge is 2.27. The summed E-state index contributed by atoms with van der Waals surface area (Å²) in [6.07, 6.45) is 6.84. The molecule has 28 heavy (non-hydrogen) atoms. The van der Waals surface area contributed by atoms with E-state index in [2.05, 4.69) is 10.2 Å². The molecule has 1 N–H and O–H groups in total. The van der Waals surface area contributed by atoms with E-state index >= 15 is 0 Å². The second kappa shape index (κ2) is 9.37. The van der Waals surface area contributed by atoms with Crippen molar-refractivity contribution in [3.05, 3.63) is 28.2 Å². The first-order chi connectivity index (χ1) is 13.5. The molecule has 2 amide bonds. The maximum absolute atomic E-state index is 12.8. The van der Waals surface area contributed by atoms with Gasteiger partial charge in [0.2, 0.25) is 11.8 Å². The number of carbonyl (C=O) groups is 2. The van der Waals surface area contributed by atoms with Crippen LogP contribution in [0.5, 0.6) is 0 Å². The van der Waals surface area contributed by atoms with Crippen LogP contribution in [0.4, 0.5) is 5.69 Å². The van der Waals surface area contributed by atoms with E-state index in [1.165, 1.54) is 36.7 Å². The summed E-state index contributed by atoms with van der Waals surface area (Å²) < 4.78 is 1.46. The van der Waals surface area contributed by atoms with Gasteiger partial charge in [-0.05, 0) is 31.9 Å². The Morgan fingerprint density at radius 1 is 1.07 bits per heavy atom. The van der Waals surface area contributed by atoms with Crippen LogP contribution >= 0.6 is 0 Å². The molecule has 2 fully saturated rings. The minimum absolute atomic E-state index is 0.0178. The summed E-state index contributed by atoms with van der Waals surface area (Å²) in [5.41, 5.74) is 0.622. The number of aryl methyl sites for hydroxylation is 1. The molecule has 0 aromatic carbocycles. The summed E-state index contributed by atoms with van der Waals surface area (Å²) in [5, 5.41) is 2.62. The van der Waals surface area contributed by atoms with Crippen molar-refractivity contribution in [1.82, 2.24) is 14.4 Å². The molecule has 0 atom stereocenters. The Hall–Kier alpha value is -2.15. The molecular weight excluding hydrogens is 356 g/mol. The second-order valence-corrected chi connectivity index (χ2v) is 7.89. The van der Waals surface area contributed by atoms with Crippen LogP contribution in [0.3, 0.4) is 0 Å². The number of nitrogens with one attached hydrogen (secondary N) is 1. The predicted molar refractivity (Wildman–Crippen MR) is 109 cm³/mol. The van der Waals surface area contributed by atoms with Crippen LogP contribution < -0.4 is 10.9 Å². The van der Waals surface area contributed by atoms with E-state index in [-0.39, 0.29) is 29.6 Å². The van der Waals surface area contributed by atoms with E-state index in [9.17, 15) is 14.4 Å². The monoisotopic (exact) mass is 388 g/mol. The van der Waals surface area contributed by atoms with E-state index in [0.29, 0.717) is 18.2 Å². The first-order valence-corrected chi connectivity index (χ1v) is 10.5. The molecule has 1 aliphatic heterocycles. The normalized spacial score (nSPS) is 18.9. The highest BCUT2D eigenvalue weighted by Crippen LogP contribution is 2.23. The molecular formula is C21H32N4O3. The zero-order valence-electron chi connectivity index (χ0n) is 17.1. The lowest BCUT2D eigenvalue weighted by Crippen LogP contribution is -2.53. The Bertz CT molecular complexity index is 759. The van der Waals surface area contributed by atoms with Gasteiger partial charge in [-0.1, -0.05) is 26.2 Å². The van der Waals surface area contributed by atoms with Crippen molar-refractivity contribution in [3.63, 3.8) is 0 Å². The number of aromatic nitrogens is 1. The van der Waals surface area contributed by atoms with E-state index < -0.39 is 0 Å². The van der Waals surface area contributed by atoms with E-state index in [0.717, 1.165) is 26.2 Å². The van der Waals surface area contributed by atoms with Crippen LogP contribution in [-0.4, -0.2) is 58.4 Å². The topological polar surface area (TPSA) is 74.7 Å². The summed E-state index contributed by atoms with van der Waals surface area (Å²) in [6, 6.07) is 4.05. The van der Waals surface area contributed by atoms with Gasteiger partial charge < -0.3 is 14.8 Å². The third kappa shape index (κ3) is 4.82. The van der Waals surface area contributed by atoms with Crippen LogP contribution in [0.2, 0.25) is 0 Å². The van der Waals surface area contributed by atoms with Crippen LogP contribution in [0.25, 0.3) is 0 Å². The van der Waals surface area contributed by atoms with Gasteiger partial charge in [0.25, 0.3) is 5.56 Å². The Labute approximate surface area is 166 Å². The smallest absolute Gasteiger partial charge is 0.274 e. The second-order valence-electron chi connectivity index (χ2n) is 7.89. The van der Waals surface area contributed by atoms with Gasteiger partial charge in [-0.2, -0.15) is 0 Å². The van der Waals surface area contributed by atoms with Gasteiger partial charge in [0, 0.05) is 44.3 Å². The molecule has 7 heteroatoms. The SMILES string of the molecule is CCC(=O)Nc1ccc(C)n(CC(=O)N2CCN(C3CCCCC3)CC2)c1=O. The number of pyridine rings is 1. The molecule has 2 aliphatic rings. The van der Waals surface area contributed by atoms with Gasteiger partial charge in [-0.3, -0.25) is 19.3 Å². The molecule has 1 aromatic heterocycles. The zero-order chi connectivity index (χ0) is 20.1. The van der Waals surface area contributed by atoms with E-state index in [1.807, 2.05) is 4.90 Å². The molecule has 0 radical (unpaired) electrons. The van der Waals surface area contributed by atoms with Crippen LogP contribution in [0.1, 0.15) is 51.1 Å². The molecule has 0 bridgehead atoms. The van der Waals surface area contributed by atoms with Crippen LogP contribution in [-0.2, 0) is 16.1 Å². The summed E-state index contributed by atoms with van der Waals surface area (Å²) in [4.78, 5) is 41.5. The minimum Gasteiger partial charge on any atom is -0.339 e. The van der Waals surface area contributed by atoms with Crippen LogP contribution in [0.15, 0.2) is 16.9 Å². The minimum atomic E-state index is -0.323. The van der Waals surface area contributed by atoms with Gasteiger partial charge in [-0.25, -0.2) is 0 Å². The number of rotatable bonds is 5.